The Balaban J connectivity index is 2.45. The fourth-order valence-corrected chi connectivity index (χ4v) is 1.82. The van der Waals surface area contributed by atoms with E-state index in [1.807, 2.05) is 6.07 Å². The zero-order valence-corrected chi connectivity index (χ0v) is 9.39. The Kier molecular flexibility index (Phi) is 3.14. The Hall–Kier alpha value is -1.50. The largest absolute Gasteiger partial charge is 0.271 e. The number of nitrogens with zero attached hydrogens (tertiary/aromatic N) is 4. The van der Waals surface area contributed by atoms with Gasteiger partial charge in [0, 0.05) is 13.2 Å². The standard InChI is InChI=1S/C9H11ClN6/c1-16-9(7(10)5-14-16)8(15-11)6-2-3-12-13-4-6/h2-5,8,15H,11H2,1H3. The first kappa shape index (κ1) is 11.0. The molecule has 16 heavy (non-hydrogen) atoms. The molecular weight excluding hydrogens is 228 g/mol. The number of halogens is 1. The van der Waals surface area contributed by atoms with Crippen LogP contribution in [-0.2, 0) is 7.05 Å². The van der Waals surface area contributed by atoms with Crippen LogP contribution in [0.3, 0.4) is 0 Å². The van der Waals surface area contributed by atoms with Gasteiger partial charge in [0.05, 0.1) is 29.2 Å². The van der Waals surface area contributed by atoms with Crippen LogP contribution in [0.1, 0.15) is 17.3 Å². The second-order valence-corrected chi connectivity index (χ2v) is 3.68. The van der Waals surface area contributed by atoms with Crippen LogP contribution < -0.4 is 11.3 Å². The lowest BCUT2D eigenvalue weighted by atomic mass is 10.1. The summed E-state index contributed by atoms with van der Waals surface area (Å²) in [5, 5.41) is 12.1. The molecule has 0 radical (unpaired) electrons. The monoisotopic (exact) mass is 238 g/mol. The van der Waals surface area contributed by atoms with Crippen molar-refractivity contribution in [3.05, 3.63) is 40.9 Å². The van der Waals surface area contributed by atoms with Crippen LogP contribution in [0.5, 0.6) is 0 Å². The van der Waals surface area contributed by atoms with Gasteiger partial charge in [0.15, 0.2) is 0 Å². The molecule has 0 bridgehead atoms. The van der Waals surface area contributed by atoms with Crippen molar-refractivity contribution in [1.29, 1.82) is 0 Å². The fourth-order valence-electron chi connectivity index (χ4n) is 1.55. The van der Waals surface area contributed by atoms with Gasteiger partial charge in [-0.25, -0.2) is 5.43 Å². The Morgan fingerprint density at radius 1 is 1.44 bits per heavy atom. The van der Waals surface area contributed by atoms with Gasteiger partial charge in [0.2, 0.25) is 0 Å². The van der Waals surface area contributed by atoms with E-state index in [1.165, 1.54) is 0 Å². The smallest absolute Gasteiger partial charge is 0.0909 e. The van der Waals surface area contributed by atoms with Gasteiger partial charge in [-0.15, -0.1) is 0 Å². The van der Waals surface area contributed by atoms with Crippen LogP contribution >= 0.6 is 11.6 Å². The number of hydrogen-bond donors (Lipinski definition) is 2. The molecule has 2 rings (SSSR count). The highest BCUT2D eigenvalue weighted by molar-refractivity contribution is 6.31. The quantitative estimate of drug-likeness (QED) is 0.598. The summed E-state index contributed by atoms with van der Waals surface area (Å²) in [6.45, 7) is 0. The molecule has 0 aliphatic rings. The van der Waals surface area contributed by atoms with Crippen LogP contribution in [0.15, 0.2) is 24.7 Å². The number of rotatable bonds is 3. The second kappa shape index (κ2) is 4.56. The summed E-state index contributed by atoms with van der Waals surface area (Å²) >= 11 is 6.05. The highest BCUT2D eigenvalue weighted by atomic mass is 35.5. The van der Waals surface area contributed by atoms with Crippen molar-refractivity contribution in [3.63, 3.8) is 0 Å². The third-order valence-electron chi connectivity index (χ3n) is 2.32. The normalized spacial score (nSPS) is 12.7. The molecular formula is C9H11ClN6. The zero-order chi connectivity index (χ0) is 11.5. The van der Waals surface area contributed by atoms with Crippen molar-refractivity contribution in [2.75, 3.05) is 0 Å². The molecule has 3 N–H and O–H groups in total. The number of hydrogen-bond acceptors (Lipinski definition) is 5. The van der Waals surface area contributed by atoms with E-state index in [4.69, 9.17) is 17.4 Å². The molecule has 1 atom stereocenters. The molecule has 0 aliphatic heterocycles. The molecule has 0 aliphatic carbocycles. The highest BCUT2D eigenvalue weighted by Gasteiger charge is 2.19. The molecule has 2 aromatic heterocycles. The van der Waals surface area contributed by atoms with E-state index in [1.54, 1.807) is 30.3 Å². The molecule has 0 saturated heterocycles. The van der Waals surface area contributed by atoms with Crippen molar-refractivity contribution in [2.45, 2.75) is 6.04 Å². The third kappa shape index (κ3) is 1.90. The van der Waals surface area contributed by atoms with E-state index in [9.17, 15) is 0 Å². The van der Waals surface area contributed by atoms with Crippen LogP contribution in [0.4, 0.5) is 0 Å². The van der Waals surface area contributed by atoms with Crippen molar-refractivity contribution >= 4 is 11.6 Å². The molecule has 7 heteroatoms. The summed E-state index contributed by atoms with van der Waals surface area (Å²) < 4.78 is 1.67. The number of aromatic nitrogens is 4. The summed E-state index contributed by atoms with van der Waals surface area (Å²) in [6.07, 6.45) is 4.81. The molecule has 0 amide bonds. The molecule has 0 fully saturated rings. The minimum absolute atomic E-state index is 0.254. The van der Waals surface area contributed by atoms with E-state index in [-0.39, 0.29) is 6.04 Å². The lowest BCUT2D eigenvalue weighted by molar-refractivity contribution is 0.572. The predicted octanol–water partition coefficient (Wildman–Crippen LogP) is 0.416. The molecule has 6 nitrogen and oxygen atoms in total. The summed E-state index contributed by atoms with van der Waals surface area (Å²) in [6, 6.07) is 1.57. The average molecular weight is 239 g/mol. The van der Waals surface area contributed by atoms with Gasteiger partial charge < -0.3 is 0 Å². The molecule has 2 aromatic rings. The van der Waals surface area contributed by atoms with E-state index >= 15 is 0 Å². The molecule has 2 heterocycles. The van der Waals surface area contributed by atoms with Gasteiger partial charge in [0.1, 0.15) is 0 Å². The van der Waals surface area contributed by atoms with Crippen LogP contribution in [-0.4, -0.2) is 20.0 Å². The van der Waals surface area contributed by atoms with Gasteiger partial charge >= 0.3 is 0 Å². The van der Waals surface area contributed by atoms with E-state index in [2.05, 4.69) is 20.7 Å². The van der Waals surface area contributed by atoms with Gasteiger partial charge in [-0.1, -0.05) is 11.6 Å². The number of nitrogens with one attached hydrogen (secondary N) is 1. The SMILES string of the molecule is Cn1ncc(Cl)c1C(NN)c1ccnnc1. The van der Waals surface area contributed by atoms with Gasteiger partial charge in [0.25, 0.3) is 0 Å². The molecule has 1 unspecified atom stereocenters. The van der Waals surface area contributed by atoms with Crippen molar-refractivity contribution < 1.29 is 0 Å². The first-order valence-electron chi connectivity index (χ1n) is 4.64. The van der Waals surface area contributed by atoms with E-state index in [0.29, 0.717) is 5.02 Å². The third-order valence-corrected chi connectivity index (χ3v) is 2.61. The summed E-state index contributed by atoms with van der Waals surface area (Å²) in [5.41, 5.74) is 4.36. The maximum Gasteiger partial charge on any atom is 0.0909 e. The summed E-state index contributed by atoms with van der Waals surface area (Å²) in [7, 11) is 1.81. The lowest BCUT2D eigenvalue weighted by Gasteiger charge is -2.16. The topological polar surface area (TPSA) is 81.7 Å². The zero-order valence-electron chi connectivity index (χ0n) is 8.63. The van der Waals surface area contributed by atoms with Gasteiger partial charge in [-0.3, -0.25) is 10.5 Å². The van der Waals surface area contributed by atoms with E-state index < -0.39 is 0 Å². The fraction of sp³-hybridized carbons (Fsp3) is 0.222. The average Bonchev–Trinajstić information content (AvgIpc) is 2.63. The minimum atomic E-state index is -0.254. The van der Waals surface area contributed by atoms with Gasteiger partial charge in [-0.05, 0) is 11.6 Å². The first-order chi connectivity index (χ1) is 7.74. The first-order valence-corrected chi connectivity index (χ1v) is 5.02. The lowest BCUT2D eigenvalue weighted by Crippen LogP contribution is -2.30. The number of aryl methyl sites for hydroxylation is 1. The highest BCUT2D eigenvalue weighted by Crippen LogP contribution is 2.26. The molecule has 84 valence electrons. The second-order valence-electron chi connectivity index (χ2n) is 3.28. The van der Waals surface area contributed by atoms with Crippen molar-refractivity contribution in [2.24, 2.45) is 12.9 Å². The Morgan fingerprint density at radius 3 is 2.75 bits per heavy atom. The maximum absolute atomic E-state index is 6.05. The Labute approximate surface area is 97.4 Å². The maximum atomic E-state index is 6.05. The van der Waals surface area contributed by atoms with Crippen LogP contribution in [0.2, 0.25) is 5.02 Å². The predicted molar refractivity (Wildman–Crippen MR) is 59.4 cm³/mol. The van der Waals surface area contributed by atoms with Crippen molar-refractivity contribution in [3.8, 4) is 0 Å². The summed E-state index contributed by atoms with van der Waals surface area (Å²) in [4.78, 5) is 0. The van der Waals surface area contributed by atoms with Crippen LogP contribution in [0.25, 0.3) is 0 Å². The molecule has 0 spiro atoms. The van der Waals surface area contributed by atoms with Crippen LogP contribution in [0, 0.1) is 0 Å². The Morgan fingerprint density at radius 2 is 2.25 bits per heavy atom. The minimum Gasteiger partial charge on any atom is -0.271 e. The Bertz CT molecular complexity index is 449. The number of hydrazine groups is 1. The van der Waals surface area contributed by atoms with E-state index in [0.717, 1.165) is 11.3 Å². The van der Waals surface area contributed by atoms with Crippen molar-refractivity contribution in [1.82, 2.24) is 25.4 Å². The molecule has 0 aromatic carbocycles. The number of nitrogens with two attached hydrogens (primary N) is 1. The summed E-state index contributed by atoms with van der Waals surface area (Å²) in [5.74, 6) is 5.54. The van der Waals surface area contributed by atoms with Gasteiger partial charge in [-0.2, -0.15) is 15.3 Å². The molecule has 0 saturated carbocycles.